The largest absolute Gasteiger partial charge is 0.338 e. The molecule has 1 N–H and O–H groups in total. The van der Waals surface area contributed by atoms with E-state index in [1.54, 1.807) is 15.5 Å². The van der Waals surface area contributed by atoms with E-state index in [4.69, 9.17) is 0 Å². The maximum absolute atomic E-state index is 13.2. The summed E-state index contributed by atoms with van der Waals surface area (Å²) in [6, 6.07) is 5.83. The third-order valence-corrected chi connectivity index (χ3v) is 6.87. The molecule has 2 fully saturated rings. The van der Waals surface area contributed by atoms with Crippen LogP contribution in [0.15, 0.2) is 16.9 Å². The number of nitriles is 1. The van der Waals surface area contributed by atoms with Crippen molar-refractivity contribution < 1.29 is 9.59 Å². The van der Waals surface area contributed by atoms with Crippen LogP contribution in [0, 0.1) is 22.7 Å². The predicted octanol–water partition coefficient (Wildman–Crippen LogP) is 1.76. The molecule has 4 rings (SSSR count). The number of urea groups is 1. The Morgan fingerprint density at radius 3 is 2.60 bits per heavy atom. The molecule has 0 radical (unpaired) electrons. The van der Waals surface area contributed by atoms with Crippen LogP contribution >= 0.6 is 0 Å². The van der Waals surface area contributed by atoms with Crippen molar-refractivity contribution >= 4 is 11.9 Å². The summed E-state index contributed by atoms with van der Waals surface area (Å²) in [5.41, 5.74) is 0.499. The molecule has 1 aromatic heterocycles. The molecule has 4 heterocycles. The number of rotatable bonds is 2. The molecule has 8 nitrogen and oxygen atoms in total. The summed E-state index contributed by atoms with van der Waals surface area (Å²) in [7, 11) is 0. The number of likely N-dealkylation sites (tertiary alicyclic amines) is 2. The Kier molecular flexibility index (Phi) is 5.31. The van der Waals surface area contributed by atoms with Crippen LogP contribution in [0.1, 0.15) is 55.1 Å². The van der Waals surface area contributed by atoms with Gasteiger partial charge in [-0.1, -0.05) is 0 Å². The van der Waals surface area contributed by atoms with Gasteiger partial charge in [0, 0.05) is 50.9 Å². The van der Waals surface area contributed by atoms with Crippen LogP contribution in [-0.2, 0) is 6.54 Å². The van der Waals surface area contributed by atoms with Gasteiger partial charge in [-0.05, 0) is 51.2 Å². The van der Waals surface area contributed by atoms with Crippen LogP contribution in [0.5, 0.6) is 0 Å². The topological polar surface area (TPSA) is 98.4 Å². The lowest BCUT2D eigenvalue weighted by Gasteiger charge is -2.42. The number of aromatic nitrogens is 1. The van der Waals surface area contributed by atoms with Crippen molar-refractivity contribution in [2.45, 2.75) is 45.6 Å². The molecule has 3 aliphatic rings. The highest BCUT2D eigenvalue weighted by Gasteiger charge is 2.38. The zero-order chi connectivity index (χ0) is 21.5. The average Bonchev–Trinajstić information content (AvgIpc) is 2.74. The molecule has 160 valence electrons. The number of hydrogen-bond donors (Lipinski definition) is 1. The molecule has 8 heteroatoms. The van der Waals surface area contributed by atoms with Gasteiger partial charge >= 0.3 is 6.03 Å². The van der Waals surface area contributed by atoms with Crippen LogP contribution in [-0.4, -0.2) is 59.0 Å². The summed E-state index contributed by atoms with van der Waals surface area (Å²) < 4.78 is 1.75. The van der Waals surface area contributed by atoms with Gasteiger partial charge in [0.05, 0.1) is 11.5 Å². The fourth-order valence-electron chi connectivity index (χ4n) is 5.02. The quantitative estimate of drug-likeness (QED) is 0.802. The van der Waals surface area contributed by atoms with Crippen LogP contribution in [0.25, 0.3) is 0 Å². The molecule has 30 heavy (non-hydrogen) atoms. The zero-order valence-electron chi connectivity index (χ0n) is 17.7. The Morgan fingerprint density at radius 2 is 1.93 bits per heavy atom. The first-order valence-electron chi connectivity index (χ1n) is 10.8. The average molecular weight is 412 g/mol. The van der Waals surface area contributed by atoms with E-state index in [1.807, 2.05) is 24.8 Å². The summed E-state index contributed by atoms with van der Waals surface area (Å²) in [6.45, 7) is 7.17. The fraction of sp³-hybridized carbons (Fsp3) is 0.636. The molecule has 0 unspecified atom stereocenters. The lowest BCUT2D eigenvalue weighted by Crippen LogP contribution is -2.52. The third-order valence-electron chi connectivity index (χ3n) is 6.87. The minimum absolute atomic E-state index is 0.0516. The Labute approximate surface area is 176 Å². The number of nitrogens with zero attached hydrogens (tertiary/aromatic N) is 4. The highest BCUT2D eigenvalue weighted by Crippen LogP contribution is 2.35. The van der Waals surface area contributed by atoms with E-state index in [0.717, 1.165) is 12.1 Å². The first kappa shape index (κ1) is 20.5. The van der Waals surface area contributed by atoms with Gasteiger partial charge in [-0.25, -0.2) is 4.79 Å². The van der Waals surface area contributed by atoms with Gasteiger partial charge in [0.1, 0.15) is 5.56 Å². The number of fused-ring (bicyclic) bond motifs is 4. The van der Waals surface area contributed by atoms with Crippen molar-refractivity contribution in [1.29, 1.82) is 5.26 Å². The van der Waals surface area contributed by atoms with E-state index in [1.165, 1.54) is 0 Å². The van der Waals surface area contributed by atoms with E-state index < -0.39 is 5.41 Å². The lowest BCUT2D eigenvalue weighted by atomic mass is 9.81. The molecule has 2 saturated heterocycles. The normalized spacial score (nSPS) is 24.6. The second-order valence-electron chi connectivity index (χ2n) is 9.09. The molecule has 0 aromatic carbocycles. The van der Waals surface area contributed by atoms with Gasteiger partial charge < -0.3 is 19.7 Å². The SMILES string of the molecule is CCNC(=O)N1C[C@@H]2C[C@H](C1)c1ccc(C(=O)N3CCC(C)(C#N)CC3)c(=O)n1C2. The monoisotopic (exact) mass is 411 g/mol. The first-order valence-corrected chi connectivity index (χ1v) is 10.8. The van der Waals surface area contributed by atoms with Crippen LogP contribution < -0.4 is 10.9 Å². The van der Waals surface area contributed by atoms with Crippen LogP contribution in [0.2, 0.25) is 0 Å². The molecule has 0 spiro atoms. The summed E-state index contributed by atoms with van der Waals surface area (Å²) in [5.74, 6) is 0.0893. The number of hydrogen-bond acceptors (Lipinski definition) is 4. The maximum atomic E-state index is 13.2. The number of piperidine rings is 2. The number of nitrogens with one attached hydrogen (secondary N) is 1. The molecular formula is C22H29N5O3. The van der Waals surface area contributed by atoms with E-state index in [-0.39, 0.29) is 34.9 Å². The zero-order valence-corrected chi connectivity index (χ0v) is 17.7. The van der Waals surface area contributed by atoms with Crippen molar-refractivity contribution in [3.05, 3.63) is 33.7 Å². The van der Waals surface area contributed by atoms with Gasteiger partial charge in [0.25, 0.3) is 11.5 Å². The minimum Gasteiger partial charge on any atom is -0.338 e. The molecule has 2 bridgehead atoms. The maximum Gasteiger partial charge on any atom is 0.317 e. The molecule has 3 aliphatic heterocycles. The van der Waals surface area contributed by atoms with E-state index in [0.29, 0.717) is 52.1 Å². The fourth-order valence-corrected chi connectivity index (χ4v) is 5.02. The standard InChI is InChI=1S/C22H29N5O3/c1-3-24-21(30)26-11-15-10-16(13-26)18-5-4-17(20(29)27(18)12-15)19(28)25-8-6-22(2,14-23)7-9-25/h4-5,15-16H,3,6-13H2,1-2H3,(H,24,30)/t15-,16+/m0/s1. The van der Waals surface area contributed by atoms with Crippen molar-refractivity contribution in [3.8, 4) is 6.07 Å². The van der Waals surface area contributed by atoms with Gasteiger partial charge in [0.2, 0.25) is 0 Å². The Hall–Kier alpha value is -2.82. The predicted molar refractivity (Wildman–Crippen MR) is 111 cm³/mol. The van der Waals surface area contributed by atoms with Crippen molar-refractivity contribution in [1.82, 2.24) is 19.7 Å². The summed E-state index contributed by atoms with van der Waals surface area (Å²) in [5, 5.41) is 12.2. The highest BCUT2D eigenvalue weighted by molar-refractivity contribution is 5.94. The summed E-state index contributed by atoms with van der Waals surface area (Å²) in [4.78, 5) is 42.0. The first-order chi connectivity index (χ1) is 14.3. The van der Waals surface area contributed by atoms with Crippen molar-refractivity contribution in [3.63, 3.8) is 0 Å². The van der Waals surface area contributed by atoms with Gasteiger partial charge in [-0.3, -0.25) is 9.59 Å². The van der Waals surface area contributed by atoms with E-state index in [2.05, 4.69) is 11.4 Å². The minimum atomic E-state index is -0.394. The Morgan fingerprint density at radius 1 is 1.20 bits per heavy atom. The van der Waals surface area contributed by atoms with Gasteiger partial charge in [0.15, 0.2) is 0 Å². The van der Waals surface area contributed by atoms with Crippen molar-refractivity contribution in [2.24, 2.45) is 11.3 Å². The molecule has 3 amide bonds. The number of carbonyl (C=O) groups excluding carboxylic acids is 2. The van der Waals surface area contributed by atoms with Crippen molar-refractivity contribution in [2.75, 3.05) is 32.7 Å². The van der Waals surface area contributed by atoms with E-state index >= 15 is 0 Å². The molecule has 2 atom stereocenters. The third kappa shape index (κ3) is 3.57. The summed E-state index contributed by atoms with van der Waals surface area (Å²) in [6.07, 6.45) is 2.21. The smallest absolute Gasteiger partial charge is 0.317 e. The van der Waals surface area contributed by atoms with Crippen LogP contribution in [0.4, 0.5) is 4.79 Å². The van der Waals surface area contributed by atoms with Gasteiger partial charge in [-0.2, -0.15) is 5.26 Å². The molecule has 1 aromatic rings. The van der Waals surface area contributed by atoms with Gasteiger partial charge in [-0.15, -0.1) is 0 Å². The molecule has 0 aliphatic carbocycles. The lowest BCUT2D eigenvalue weighted by molar-refractivity contribution is 0.0658. The van der Waals surface area contributed by atoms with E-state index in [9.17, 15) is 19.6 Å². The molecular weight excluding hydrogens is 382 g/mol. The number of pyridine rings is 1. The second-order valence-corrected chi connectivity index (χ2v) is 9.09. The summed E-state index contributed by atoms with van der Waals surface area (Å²) >= 11 is 0. The Balaban J connectivity index is 1.55. The number of carbonyl (C=O) groups is 2. The Bertz CT molecular complexity index is 955. The molecule has 0 saturated carbocycles. The number of amides is 3. The second kappa shape index (κ2) is 7.78. The van der Waals surface area contributed by atoms with Crippen LogP contribution in [0.3, 0.4) is 0 Å². The highest BCUT2D eigenvalue weighted by atomic mass is 16.2.